The number of hydrogen-bond donors (Lipinski definition) is 2. The van der Waals surface area contributed by atoms with E-state index in [9.17, 15) is 13.2 Å². The van der Waals surface area contributed by atoms with Crippen molar-refractivity contribution in [1.29, 1.82) is 0 Å². The van der Waals surface area contributed by atoms with Crippen molar-refractivity contribution >= 4 is 45.7 Å². The zero-order chi connectivity index (χ0) is 18.6. The summed E-state index contributed by atoms with van der Waals surface area (Å²) in [5.74, 6) is 1.05. The Morgan fingerprint density at radius 2 is 2.00 bits per heavy atom. The molecule has 0 bridgehead atoms. The van der Waals surface area contributed by atoms with Gasteiger partial charge in [-0.2, -0.15) is 0 Å². The number of sulfone groups is 1. The second kappa shape index (κ2) is 9.76. The zero-order valence-electron chi connectivity index (χ0n) is 16.2. The second-order valence-corrected chi connectivity index (χ2v) is 10.3. The fourth-order valence-corrected chi connectivity index (χ4v) is 6.22. The monoisotopic (exact) mass is 512 g/mol. The number of nitrogens with one attached hydrogen (secondary N) is 2. The van der Waals surface area contributed by atoms with Gasteiger partial charge in [0.2, 0.25) is 5.91 Å². The molecule has 0 aromatic heterocycles. The van der Waals surface area contributed by atoms with Gasteiger partial charge < -0.3 is 15.5 Å². The average Bonchev–Trinajstić information content (AvgIpc) is 3.29. The van der Waals surface area contributed by atoms with Gasteiger partial charge in [0.1, 0.15) is 0 Å². The van der Waals surface area contributed by atoms with Crippen molar-refractivity contribution in [3.8, 4) is 0 Å². The van der Waals surface area contributed by atoms with Gasteiger partial charge in [-0.25, -0.2) is 8.42 Å². The first kappa shape index (κ1) is 22.7. The highest BCUT2D eigenvalue weighted by atomic mass is 127. The summed E-state index contributed by atoms with van der Waals surface area (Å²) in [6.07, 6.45) is 7.41. The van der Waals surface area contributed by atoms with Crippen LogP contribution in [0.25, 0.3) is 0 Å². The third kappa shape index (κ3) is 6.20. The van der Waals surface area contributed by atoms with Crippen molar-refractivity contribution < 1.29 is 13.2 Å². The topological polar surface area (TPSA) is 90.9 Å². The van der Waals surface area contributed by atoms with Crippen molar-refractivity contribution in [1.82, 2.24) is 15.5 Å². The Morgan fingerprint density at radius 3 is 2.63 bits per heavy atom. The lowest BCUT2D eigenvalue weighted by Crippen LogP contribution is -2.41. The molecule has 27 heavy (non-hydrogen) atoms. The van der Waals surface area contributed by atoms with Gasteiger partial charge in [0.05, 0.1) is 18.1 Å². The summed E-state index contributed by atoms with van der Waals surface area (Å²) in [6, 6.07) is -0.231. The SMILES string of the molecule is CCNC(=NCCC(=O)NC1CCS(=O)(=O)C1)N1CCC2(CCCC2)C1.I. The van der Waals surface area contributed by atoms with Crippen LogP contribution in [-0.2, 0) is 14.6 Å². The Hall–Kier alpha value is -0.580. The van der Waals surface area contributed by atoms with Crippen molar-refractivity contribution in [3.05, 3.63) is 0 Å². The molecule has 2 N–H and O–H groups in total. The standard InChI is InChI=1S/C18H32N4O3S.HI/c1-2-19-17(22-11-9-18(14-22)7-3-4-8-18)20-10-5-16(23)21-15-6-12-26(24,25)13-15;/h15H,2-14H2,1H3,(H,19,20)(H,21,23);1H. The molecule has 2 heterocycles. The minimum Gasteiger partial charge on any atom is -0.357 e. The molecule has 0 aromatic carbocycles. The summed E-state index contributed by atoms with van der Waals surface area (Å²) in [6.45, 7) is 5.42. The first-order valence-corrected chi connectivity index (χ1v) is 11.8. The van der Waals surface area contributed by atoms with E-state index in [1.165, 1.54) is 32.1 Å². The second-order valence-electron chi connectivity index (χ2n) is 8.03. The Labute approximate surface area is 180 Å². The predicted molar refractivity (Wildman–Crippen MR) is 118 cm³/mol. The molecule has 0 radical (unpaired) electrons. The molecule has 3 aliphatic rings. The van der Waals surface area contributed by atoms with Gasteiger partial charge in [0.25, 0.3) is 0 Å². The maximum Gasteiger partial charge on any atom is 0.222 e. The summed E-state index contributed by atoms with van der Waals surface area (Å²) in [4.78, 5) is 19.1. The molecule has 3 rings (SSSR count). The number of halogens is 1. The largest absolute Gasteiger partial charge is 0.357 e. The summed E-state index contributed by atoms with van der Waals surface area (Å²) >= 11 is 0. The van der Waals surface area contributed by atoms with Crippen LogP contribution in [0.3, 0.4) is 0 Å². The van der Waals surface area contributed by atoms with E-state index in [0.29, 0.717) is 24.8 Å². The number of rotatable bonds is 5. The van der Waals surface area contributed by atoms with E-state index >= 15 is 0 Å². The number of likely N-dealkylation sites (tertiary alicyclic amines) is 1. The van der Waals surface area contributed by atoms with Gasteiger partial charge in [0.15, 0.2) is 15.8 Å². The molecule has 1 saturated carbocycles. The van der Waals surface area contributed by atoms with Gasteiger partial charge >= 0.3 is 0 Å². The molecule has 1 amide bonds. The van der Waals surface area contributed by atoms with Crippen LogP contribution >= 0.6 is 24.0 Å². The van der Waals surface area contributed by atoms with Gasteiger partial charge in [0, 0.05) is 32.1 Å². The van der Waals surface area contributed by atoms with E-state index in [4.69, 9.17) is 0 Å². The molecule has 7 nitrogen and oxygen atoms in total. The van der Waals surface area contributed by atoms with Gasteiger partial charge in [-0.05, 0) is 38.0 Å². The Morgan fingerprint density at radius 1 is 1.26 bits per heavy atom. The Balaban J connectivity index is 0.00000261. The van der Waals surface area contributed by atoms with Crippen LogP contribution in [0.4, 0.5) is 0 Å². The highest BCUT2D eigenvalue weighted by Crippen LogP contribution is 2.45. The maximum absolute atomic E-state index is 12.1. The van der Waals surface area contributed by atoms with Crippen LogP contribution in [-0.4, -0.2) is 68.9 Å². The molecule has 1 spiro atoms. The summed E-state index contributed by atoms with van der Waals surface area (Å²) in [5.41, 5.74) is 0.488. The molecule has 2 saturated heterocycles. The highest BCUT2D eigenvalue weighted by molar-refractivity contribution is 14.0. The Kier molecular flexibility index (Phi) is 8.20. The molecule has 0 aromatic rings. The maximum atomic E-state index is 12.1. The summed E-state index contributed by atoms with van der Waals surface area (Å²) < 4.78 is 22.9. The van der Waals surface area contributed by atoms with Gasteiger partial charge in [-0.3, -0.25) is 9.79 Å². The minimum atomic E-state index is -2.96. The molecule has 1 atom stereocenters. The van der Waals surface area contributed by atoms with Crippen molar-refractivity contribution in [2.75, 3.05) is 37.7 Å². The number of carbonyl (C=O) groups excluding carboxylic acids is 1. The van der Waals surface area contributed by atoms with Gasteiger partial charge in [-0.1, -0.05) is 12.8 Å². The molecule has 3 fully saturated rings. The lowest BCUT2D eigenvalue weighted by molar-refractivity contribution is -0.121. The molecular weight excluding hydrogens is 479 g/mol. The fourth-order valence-electron chi connectivity index (χ4n) is 4.55. The molecule has 1 unspecified atom stereocenters. The molecular formula is C18H33IN4O3S. The van der Waals surface area contributed by atoms with Crippen molar-refractivity contribution in [2.45, 2.75) is 57.9 Å². The first-order chi connectivity index (χ1) is 12.4. The van der Waals surface area contributed by atoms with Crippen LogP contribution in [0, 0.1) is 5.41 Å². The number of guanidine groups is 1. The summed E-state index contributed by atoms with van der Waals surface area (Å²) in [7, 11) is -2.96. The number of hydrogen-bond acceptors (Lipinski definition) is 4. The molecule has 2 aliphatic heterocycles. The van der Waals surface area contributed by atoms with Crippen LogP contribution in [0.1, 0.15) is 51.9 Å². The predicted octanol–water partition coefficient (Wildman–Crippen LogP) is 1.53. The molecule has 156 valence electrons. The molecule has 9 heteroatoms. The number of nitrogens with zero attached hydrogens (tertiary/aromatic N) is 2. The smallest absolute Gasteiger partial charge is 0.222 e. The number of amides is 1. The van der Waals surface area contributed by atoms with E-state index in [1.54, 1.807) is 0 Å². The fraction of sp³-hybridized carbons (Fsp3) is 0.889. The highest BCUT2D eigenvalue weighted by Gasteiger charge is 2.41. The lowest BCUT2D eigenvalue weighted by Gasteiger charge is -2.26. The van der Waals surface area contributed by atoms with E-state index in [1.807, 2.05) is 0 Å². The number of carbonyl (C=O) groups is 1. The van der Waals surface area contributed by atoms with Crippen LogP contribution in [0.15, 0.2) is 4.99 Å². The average molecular weight is 512 g/mol. The lowest BCUT2D eigenvalue weighted by atomic mass is 9.86. The minimum absolute atomic E-state index is 0. The van der Waals surface area contributed by atoms with E-state index < -0.39 is 9.84 Å². The molecule has 1 aliphatic carbocycles. The van der Waals surface area contributed by atoms with Crippen LogP contribution in [0.2, 0.25) is 0 Å². The van der Waals surface area contributed by atoms with Crippen LogP contribution in [0.5, 0.6) is 0 Å². The third-order valence-electron chi connectivity index (χ3n) is 5.93. The Bertz CT molecular complexity index is 647. The normalized spacial score (nSPS) is 26.2. The summed E-state index contributed by atoms with van der Waals surface area (Å²) in [5, 5.41) is 6.18. The van der Waals surface area contributed by atoms with Crippen LogP contribution < -0.4 is 10.6 Å². The van der Waals surface area contributed by atoms with Crippen molar-refractivity contribution in [3.63, 3.8) is 0 Å². The zero-order valence-corrected chi connectivity index (χ0v) is 19.4. The van der Waals surface area contributed by atoms with Gasteiger partial charge in [-0.15, -0.1) is 24.0 Å². The van der Waals surface area contributed by atoms with E-state index in [-0.39, 0.29) is 47.4 Å². The quantitative estimate of drug-likeness (QED) is 0.331. The first-order valence-electron chi connectivity index (χ1n) is 9.94. The van der Waals surface area contributed by atoms with Crippen molar-refractivity contribution in [2.24, 2.45) is 10.4 Å². The number of aliphatic imine (C=N–C) groups is 1. The van der Waals surface area contributed by atoms with E-state index in [2.05, 4.69) is 27.4 Å². The van der Waals surface area contributed by atoms with E-state index in [0.717, 1.165) is 25.6 Å². The third-order valence-corrected chi connectivity index (χ3v) is 7.70.